The van der Waals surface area contributed by atoms with Crippen LogP contribution in [0.3, 0.4) is 0 Å². The molecule has 0 saturated carbocycles. The van der Waals surface area contributed by atoms with E-state index in [0.29, 0.717) is 11.3 Å². The molecule has 0 bridgehead atoms. The first-order valence-electron chi connectivity index (χ1n) is 4.60. The second-order valence-electron chi connectivity index (χ2n) is 3.06. The van der Waals surface area contributed by atoms with E-state index in [1.807, 2.05) is 0 Å². The third-order valence-corrected chi connectivity index (χ3v) is 4.12. The molecule has 1 unspecified atom stereocenters. The molecule has 0 saturated heterocycles. The van der Waals surface area contributed by atoms with E-state index < -0.39 is 13.4 Å². The van der Waals surface area contributed by atoms with Crippen molar-refractivity contribution in [2.75, 3.05) is 21.3 Å². The molecule has 0 radical (unpaired) electrons. The van der Waals surface area contributed by atoms with Crippen molar-refractivity contribution in [3.63, 3.8) is 0 Å². The summed E-state index contributed by atoms with van der Waals surface area (Å²) in [5.74, 6) is -0.757. The lowest BCUT2D eigenvalue weighted by molar-refractivity contribution is 0.176. The van der Waals surface area contributed by atoms with Crippen molar-refractivity contribution in [3.8, 4) is 5.75 Å². The van der Waals surface area contributed by atoms with Crippen LogP contribution < -0.4 is 4.74 Å². The Labute approximate surface area is 94.5 Å². The topological polar surface area (TPSA) is 65.0 Å². The number of hydrogen-bond acceptors (Lipinski definition) is 5. The number of hydrogen-bond donors (Lipinski definition) is 1. The minimum absolute atomic E-state index is 0.423. The average Bonchev–Trinajstić information content (AvgIpc) is 2.37. The summed E-state index contributed by atoms with van der Waals surface area (Å²) in [7, 11) is 0.447. The van der Waals surface area contributed by atoms with E-state index in [4.69, 9.17) is 13.8 Å². The summed E-state index contributed by atoms with van der Waals surface area (Å²) in [6.07, 6.45) is 0. The first kappa shape index (κ1) is 13.2. The number of ether oxygens (including phenoxy) is 1. The highest BCUT2D eigenvalue weighted by atomic mass is 31.2. The van der Waals surface area contributed by atoms with E-state index >= 15 is 0 Å². The monoisotopic (exact) mass is 246 g/mol. The van der Waals surface area contributed by atoms with E-state index in [-0.39, 0.29) is 0 Å². The van der Waals surface area contributed by atoms with Gasteiger partial charge in [-0.3, -0.25) is 4.57 Å². The van der Waals surface area contributed by atoms with Crippen LogP contribution >= 0.6 is 7.60 Å². The first-order valence-corrected chi connectivity index (χ1v) is 6.21. The number of benzene rings is 1. The average molecular weight is 246 g/mol. The molecule has 1 N–H and O–H groups in total. The Morgan fingerprint density at radius 1 is 1.25 bits per heavy atom. The minimum atomic E-state index is -3.52. The van der Waals surface area contributed by atoms with Gasteiger partial charge in [-0.15, -0.1) is 0 Å². The molecule has 0 fully saturated rings. The van der Waals surface area contributed by atoms with Gasteiger partial charge >= 0.3 is 7.60 Å². The molecule has 0 aliphatic heterocycles. The molecule has 0 aliphatic carbocycles. The molecular weight excluding hydrogens is 231 g/mol. The van der Waals surface area contributed by atoms with Crippen LogP contribution in [0.15, 0.2) is 24.3 Å². The maximum atomic E-state index is 11.9. The highest BCUT2D eigenvalue weighted by Gasteiger charge is 2.33. The van der Waals surface area contributed by atoms with Crippen LogP contribution in [0.5, 0.6) is 5.75 Å². The quantitative estimate of drug-likeness (QED) is 0.806. The molecule has 1 aromatic rings. The molecule has 90 valence electrons. The first-order chi connectivity index (χ1) is 7.57. The highest BCUT2D eigenvalue weighted by Crippen LogP contribution is 2.58. The van der Waals surface area contributed by atoms with Crippen LogP contribution in [0.4, 0.5) is 0 Å². The molecule has 1 aromatic carbocycles. The summed E-state index contributed by atoms with van der Waals surface area (Å²) in [4.78, 5) is 0. The van der Waals surface area contributed by atoms with Gasteiger partial charge in [-0.05, 0) is 17.7 Å². The molecular formula is C10H15O5P. The van der Waals surface area contributed by atoms with Crippen molar-refractivity contribution in [2.45, 2.75) is 5.85 Å². The normalized spacial score (nSPS) is 13.5. The van der Waals surface area contributed by atoms with E-state index in [1.165, 1.54) is 21.3 Å². The van der Waals surface area contributed by atoms with Gasteiger partial charge in [0.05, 0.1) is 7.11 Å². The minimum Gasteiger partial charge on any atom is -0.497 e. The van der Waals surface area contributed by atoms with Crippen LogP contribution in [0.2, 0.25) is 0 Å². The predicted molar refractivity (Wildman–Crippen MR) is 59.6 cm³/mol. The Balaban J connectivity index is 3.03. The van der Waals surface area contributed by atoms with Crippen molar-refractivity contribution < 1.29 is 23.5 Å². The van der Waals surface area contributed by atoms with Crippen molar-refractivity contribution in [1.29, 1.82) is 0 Å². The maximum Gasteiger partial charge on any atom is 0.362 e. The van der Waals surface area contributed by atoms with Crippen LogP contribution in [0, 0.1) is 0 Å². The second-order valence-corrected chi connectivity index (χ2v) is 5.35. The summed E-state index contributed by atoms with van der Waals surface area (Å²) < 4.78 is 26.4. The Bertz CT molecular complexity index is 385. The van der Waals surface area contributed by atoms with Crippen molar-refractivity contribution in [3.05, 3.63) is 29.8 Å². The smallest absolute Gasteiger partial charge is 0.362 e. The van der Waals surface area contributed by atoms with Gasteiger partial charge in [0.2, 0.25) is 0 Å². The summed E-state index contributed by atoms with van der Waals surface area (Å²) >= 11 is 0. The third kappa shape index (κ3) is 2.62. The Hall–Kier alpha value is -0.870. The standard InChI is InChI=1S/C10H15O5P/c1-13-9-6-4-5-8(7-9)10(11)16(12,14-2)15-3/h4-7,10-11H,1-3H3. The fourth-order valence-corrected chi connectivity index (χ4v) is 2.33. The SMILES string of the molecule is COc1cccc(C(O)P(=O)(OC)OC)c1. The van der Waals surface area contributed by atoms with E-state index in [0.717, 1.165) is 0 Å². The molecule has 0 aliphatic rings. The second kappa shape index (κ2) is 5.46. The number of methoxy groups -OCH3 is 1. The van der Waals surface area contributed by atoms with Crippen LogP contribution in [0.1, 0.15) is 11.4 Å². The molecule has 0 amide bonds. The largest absolute Gasteiger partial charge is 0.497 e. The van der Waals surface area contributed by atoms with Crippen molar-refractivity contribution in [1.82, 2.24) is 0 Å². The molecule has 1 atom stereocenters. The fraction of sp³-hybridized carbons (Fsp3) is 0.400. The van der Waals surface area contributed by atoms with Crippen molar-refractivity contribution >= 4 is 7.60 Å². The van der Waals surface area contributed by atoms with Gasteiger partial charge in [0, 0.05) is 14.2 Å². The Morgan fingerprint density at radius 2 is 1.88 bits per heavy atom. The van der Waals surface area contributed by atoms with Gasteiger partial charge in [-0.1, -0.05) is 12.1 Å². The zero-order valence-electron chi connectivity index (χ0n) is 9.41. The molecule has 6 heteroatoms. The van der Waals surface area contributed by atoms with E-state index in [9.17, 15) is 9.67 Å². The zero-order chi connectivity index (χ0) is 12.2. The Morgan fingerprint density at radius 3 is 2.38 bits per heavy atom. The number of aliphatic hydroxyl groups excluding tert-OH is 1. The number of aliphatic hydroxyl groups is 1. The number of rotatable bonds is 5. The molecule has 16 heavy (non-hydrogen) atoms. The summed E-state index contributed by atoms with van der Waals surface area (Å²) in [6, 6.07) is 6.61. The lowest BCUT2D eigenvalue weighted by Gasteiger charge is -2.20. The van der Waals surface area contributed by atoms with Gasteiger partial charge in [0.15, 0.2) is 5.85 Å². The summed E-state index contributed by atoms with van der Waals surface area (Å²) in [5, 5.41) is 9.89. The zero-order valence-corrected chi connectivity index (χ0v) is 10.3. The Kier molecular flexibility index (Phi) is 4.50. The summed E-state index contributed by atoms with van der Waals surface area (Å²) in [5.41, 5.74) is 0.423. The van der Waals surface area contributed by atoms with Gasteiger partial charge in [0.1, 0.15) is 5.75 Å². The summed E-state index contributed by atoms with van der Waals surface area (Å²) in [6.45, 7) is 0. The van der Waals surface area contributed by atoms with Gasteiger partial charge in [-0.25, -0.2) is 0 Å². The fourth-order valence-electron chi connectivity index (χ4n) is 1.26. The highest BCUT2D eigenvalue weighted by molar-refractivity contribution is 7.53. The molecule has 0 spiro atoms. The van der Waals surface area contributed by atoms with Gasteiger partial charge < -0.3 is 18.9 Å². The lowest BCUT2D eigenvalue weighted by Crippen LogP contribution is -2.02. The van der Waals surface area contributed by atoms with Crippen LogP contribution in [-0.2, 0) is 13.6 Å². The molecule has 0 heterocycles. The van der Waals surface area contributed by atoms with Gasteiger partial charge in [-0.2, -0.15) is 0 Å². The third-order valence-electron chi connectivity index (χ3n) is 2.20. The van der Waals surface area contributed by atoms with E-state index in [2.05, 4.69) is 0 Å². The predicted octanol–water partition coefficient (Wildman–Crippen LogP) is 2.17. The van der Waals surface area contributed by atoms with E-state index in [1.54, 1.807) is 24.3 Å². The molecule has 1 rings (SSSR count). The molecule has 5 nitrogen and oxygen atoms in total. The maximum absolute atomic E-state index is 11.9. The van der Waals surface area contributed by atoms with Crippen LogP contribution in [0.25, 0.3) is 0 Å². The lowest BCUT2D eigenvalue weighted by atomic mass is 10.2. The molecule has 0 aromatic heterocycles. The van der Waals surface area contributed by atoms with Crippen LogP contribution in [-0.4, -0.2) is 26.4 Å². The van der Waals surface area contributed by atoms with Crippen molar-refractivity contribution in [2.24, 2.45) is 0 Å². The van der Waals surface area contributed by atoms with Gasteiger partial charge in [0.25, 0.3) is 0 Å².